The van der Waals surface area contributed by atoms with E-state index in [2.05, 4.69) is 41.3 Å². The number of fused-ring (bicyclic) bond motifs is 1. The smallest absolute Gasteiger partial charge is 0.0733 e. The molecular formula is C18H14N4. The molecule has 0 bridgehead atoms. The van der Waals surface area contributed by atoms with Gasteiger partial charge in [0.05, 0.1) is 16.9 Å². The number of benzene rings is 1. The van der Waals surface area contributed by atoms with E-state index in [1.54, 1.807) is 12.4 Å². The number of hydrogen-bond acceptors (Lipinski definition) is 3. The average Bonchev–Trinajstić information content (AvgIpc) is 3.09. The fourth-order valence-electron chi connectivity index (χ4n) is 2.62. The van der Waals surface area contributed by atoms with Crippen molar-refractivity contribution in [1.29, 1.82) is 0 Å². The molecule has 0 N–H and O–H groups in total. The summed E-state index contributed by atoms with van der Waals surface area (Å²) in [5, 5.41) is 5.43. The van der Waals surface area contributed by atoms with Crippen LogP contribution in [0.1, 0.15) is 5.56 Å². The Morgan fingerprint density at radius 1 is 1.00 bits per heavy atom. The summed E-state index contributed by atoms with van der Waals surface area (Å²) in [4.78, 5) is 8.97. The standard InChI is InChI=1S/C18H14N4/c1-13-10-17(14-4-2-7-19-12-14)21-18-11-15(5-6-16(13)18)22-9-3-8-20-22/h2-12H,1H3. The minimum absolute atomic E-state index is 0.940. The zero-order chi connectivity index (χ0) is 14.9. The predicted molar refractivity (Wildman–Crippen MR) is 86.8 cm³/mol. The second-order valence-corrected chi connectivity index (χ2v) is 5.22. The van der Waals surface area contributed by atoms with Crippen LogP contribution in [0.4, 0.5) is 0 Å². The van der Waals surface area contributed by atoms with Gasteiger partial charge < -0.3 is 0 Å². The van der Waals surface area contributed by atoms with E-state index in [0.29, 0.717) is 0 Å². The molecular weight excluding hydrogens is 272 g/mol. The van der Waals surface area contributed by atoms with Crippen molar-refractivity contribution < 1.29 is 0 Å². The summed E-state index contributed by atoms with van der Waals surface area (Å²) in [5.74, 6) is 0. The lowest BCUT2D eigenvalue weighted by Crippen LogP contribution is -1.96. The molecule has 0 aliphatic heterocycles. The lowest BCUT2D eigenvalue weighted by molar-refractivity contribution is 0.881. The van der Waals surface area contributed by atoms with Crippen LogP contribution in [0.15, 0.2) is 67.3 Å². The summed E-state index contributed by atoms with van der Waals surface area (Å²) in [6.45, 7) is 2.11. The Morgan fingerprint density at radius 2 is 1.95 bits per heavy atom. The van der Waals surface area contributed by atoms with Gasteiger partial charge in [-0.1, -0.05) is 6.07 Å². The predicted octanol–water partition coefficient (Wildman–Crippen LogP) is 3.79. The van der Waals surface area contributed by atoms with Crippen LogP contribution in [0.3, 0.4) is 0 Å². The Bertz CT molecular complexity index is 928. The van der Waals surface area contributed by atoms with Crippen LogP contribution >= 0.6 is 0 Å². The largest absolute Gasteiger partial charge is 0.264 e. The van der Waals surface area contributed by atoms with Gasteiger partial charge in [-0.15, -0.1) is 0 Å². The van der Waals surface area contributed by atoms with E-state index in [-0.39, 0.29) is 0 Å². The molecule has 1 aromatic carbocycles. The maximum atomic E-state index is 4.80. The molecule has 0 spiro atoms. The van der Waals surface area contributed by atoms with Gasteiger partial charge in [-0.3, -0.25) is 4.98 Å². The Morgan fingerprint density at radius 3 is 2.73 bits per heavy atom. The van der Waals surface area contributed by atoms with Gasteiger partial charge in [0.1, 0.15) is 0 Å². The molecule has 106 valence electrons. The highest BCUT2D eigenvalue weighted by Gasteiger charge is 2.07. The molecule has 0 atom stereocenters. The SMILES string of the molecule is Cc1cc(-c2cccnc2)nc2cc(-n3cccn3)ccc12. The fraction of sp³-hybridized carbons (Fsp3) is 0.0556. The van der Waals surface area contributed by atoms with Crippen LogP contribution in [0.2, 0.25) is 0 Å². The molecule has 22 heavy (non-hydrogen) atoms. The summed E-state index contributed by atoms with van der Waals surface area (Å²) in [5.41, 5.74) is 5.14. The number of aryl methyl sites for hydroxylation is 1. The van der Waals surface area contributed by atoms with E-state index < -0.39 is 0 Å². The van der Waals surface area contributed by atoms with Crippen molar-refractivity contribution in [2.45, 2.75) is 6.92 Å². The Labute approximate surface area is 128 Å². The maximum Gasteiger partial charge on any atom is 0.0733 e. The van der Waals surface area contributed by atoms with E-state index in [1.165, 1.54) is 5.56 Å². The molecule has 0 aliphatic carbocycles. The van der Waals surface area contributed by atoms with Crippen LogP contribution in [-0.2, 0) is 0 Å². The molecule has 0 saturated heterocycles. The van der Waals surface area contributed by atoms with Crippen LogP contribution in [-0.4, -0.2) is 19.7 Å². The third-order valence-corrected chi connectivity index (χ3v) is 3.73. The fourth-order valence-corrected chi connectivity index (χ4v) is 2.62. The van der Waals surface area contributed by atoms with Crippen molar-refractivity contribution >= 4 is 10.9 Å². The van der Waals surface area contributed by atoms with Gasteiger partial charge in [0.15, 0.2) is 0 Å². The molecule has 4 nitrogen and oxygen atoms in total. The molecule has 0 amide bonds. The molecule has 3 aromatic heterocycles. The average molecular weight is 286 g/mol. The van der Waals surface area contributed by atoms with Crippen molar-refractivity contribution in [1.82, 2.24) is 19.7 Å². The molecule has 0 unspecified atom stereocenters. The molecule has 4 rings (SSSR count). The maximum absolute atomic E-state index is 4.80. The van der Waals surface area contributed by atoms with Gasteiger partial charge in [-0.05, 0) is 48.9 Å². The van der Waals surface area contributed by atoms with Crippen molar-refractivity contribution in [2.24, 2.45) is 0 Å². The van der Waals surface area contributed by atoms with Crippen LogP contribution < -0.4 is 0 Å². The van der Waals surface area contributed by atoms with Crippen LogP contribution in [0, 0.1) is 6.92 Å². The van der Waals surface area contributed by atoms with Crippen molar-refractivity contribution in [3.8, 4) is 16.9 Å². The molecule has 0 radical (unpaired) electrons. The lowest BCUT2D eigenvalue weighted by atomic mass is 10.1. The normalized spacial score (nSPS) is 11.0. The van der Waals surface area contributed by atoms with Crippen LogP contribution in [0.25, 0.3) is 27.8 Å². The van der Waals surface area contributed by atoms with Crippen molar-refractivity contribution in [2.75, 3.05) is 0 Å². The Kier molecular flexibility index (Phi) is 2.93. The van der Waals surface area contributed by atoms with Gasteiger partial charge in [0, 0.05) is 35.7 Å². The quantitative estimate of drug-likeness (QED) is 0.563. The van der Waals surface area contributed by atoms with E-state index >= 15 is 0 Å². The first-order valence-electron chi connectivity index (χ1n) is 7.13. The zero-order valence-corrected chi connectivity index (χ0v) is 12.1. The second-order valence-electron chi connectivity index (χ2n) is 5.22. The van der Waals surface area contributed by atoms with Crippen LogP contribution in [0.5, 0.6) is 0 Å². The van der Waals surface area contributed by atoms with E-state index in [1.807, 2.05) is 35.3 Å². The molecule has 0 fully saturated rings. The summed E-state index contributed by atoms with van der Waals surface area (Å²) >= 11 is 0. The van der Waals surface area contributed by atoms with Gasteiger partial charge in [0.2, 0.25) is 0 Å². The highest BCUT2D eigenvalue weighted by Crippen LogP contribution is 2.25. The van der Waals surface area contributed by atoms with E-state index in [4.69, 9.17) is 4.98 Å². The topological polar surface area (TPSA) is 43.6 Å². The van der Waals surface area contributed by atoms with Crippen molar-refractivity contribution in [3.05, 3.63) is 72.8 Å². The van der Waals surface area contributed by atoms with Gasteiger partial charge in [0.25, 0.3) is 0 Å². The summed E-state index contributed by atoms with van der Waals surface area (Å²) in [7, 11) is 0. The molecule has 4 heteroatoms. The number of pyridine rings is 2. The second kappa shape index (κ2) is 5.07. The zero-order valence-electron chi connectivity index (χ0n) is 12.1. The van der Waals surface area contributed by atoms with E-state index in [9.17, 15) is 0 Å². The molecule has 3 heterocycles. The number of nitrogens with zero attached hydrogens (tertiary/aromatic N) is 4. The molecule has 0 aliphatic rings. The summed E-state index contributed by atoms with van der Waals surface area (Å²) < 4.78 is 1.84. The van der Waals surface area contributed by atoms with Gasteiger partial charge in [-0.25, -0.2) is 9.67 Å². The highest BCUT2D eigenvalue weighted by molar-refractivity contribution is 5.86. The number of rotatable bonds is 2. The first-order valence-corrected chi connectivity index (χ1v) is 7.13. The third-order valence-electron chi connectivity index (χ3n) is 3.73. The lowest BCUT2D eigenvalue weighted by Gasteiger charge is -2.08. The third kappa shape index (κ3) is 2.15. The van der Waals surface area contributed by atoms with Gasteiger partial charge >= 0.3 is 0 Å². The Balaban J connectivity index is 1.92. The molecule has 4 aromatic rings. The first-order chi connectivity index (χ1) is 10.8. The van der Waals surface area contributed by atoms with E-state index in [0.717, 1.165) is 27.8 Å². The van der Waals surface area contributed by atoms with Crippen molar-refractivity contribution in [3.63, 3.8) is 0 Å². The summed E-state index contributed by atoms with van der Waals surface area (Å²) in [6, 6.07) is 14.2. The minimum atomic E-state index is 0.940. The number of hydrogen-bond donors (Lipinski definition) is 0. The number of aromatic nitrogens is 4. The monoisotopic (exact) mass is 286 g/mol. The van der Waals surface area contributed by atoms with Gasteiger partial charge in [-0.2, -0.15) is 5.10 Å². The highest BCUT2D eigenvalue weighted by atomic mass is 15.3. The first kappa shape index (κ1) is 12.7. The Hall–Kier alpha value is -3.01. The molecule has 0 saturated carbocycles. The summed E-state index contributed by atoms with van der Waals surface area (Å²) in [6.07, 6.45) is 7.31. The minimum Gasteiger partial charge on any atom is -0.264 e.